The van der Waals surface area contributed by atoms with Crippen LogP contribution in [0.1, 0.15) is 24.6 Å². The highest BCUT2D eigenvalue weighted by molar-refractivity contribution is 5.80. The minimum absolute atomic E-state index is 0.828. The number of aromatic nitrogens is 1. The summed E-state index contributed by atoms with van der Waals surface area (Å²) in [7, 11) is 0. The number of pyridine rings is 1. The van der Waals surface area contributed by atoms with Crippen molar-refractivity contribution < 1.29 is 5.21 Å². The fourth-order valence-electron chi connectivity index (χ4n) is 1.12. The molecule has 0 saturated heterocycles. The third kappa shape index (κ3) is 2.73. The van der Waals surface area contributed by atoms with E-state index in [1.54, 1.807) is 0 Å². The van der Waals surface area contributed by atoms with Gasteiger partial charge >= 0.3 is 0 Å². The van der Waals surface area contributed by atoms with E-state index in [2.05, 4.69) is 22.4 Å². The second-order valence-corrected chi connectivity index (χ2v) is 3.04. The van der Waals surface area contributed by atoms with Gasteiger partial charge in [-0.3, -0.25) is 0 Å². The first kappa shape index (κ1) is 10.5. The highest BCUT2D eigenvalue weighted by Gasteiger charge is 1.98. The minimum atomic E-state index is 0.828. The summed E-state index contributed by atoms with van der Waals surface area (Å²) in [6, 6.07) is 3.75. The van der Waals surface area contributed by atoms with Crippen LogP contribution in [0.5, 0.6) is 0 Å². The lowest BCUT2D eigenvalue weighted by Crippen LogP contribution is -2.03. The minimum Gasteiger partial charge on any atom is -0.411 e. The van der Waals surface area contributed by atoms with Gasteiger partial charge in [0.15, 0.2) is 0 Å². The van der Waals surface area contributed by atoms with Crippen LogP contribution in [-0.2, 0) is 0 Å². The molecule has 0 aromatic carbocycles. The Kier molecular flexibility index (Phi) is 3.91. The van der Waals surface area contributed by atoms with Crippen molar-refractivity contribution in [3.05, 3.63) is 23.4 Å². The van der Waals surface area contributed by atoms with Gasteiger partial charge in [0, 0.05) is 17.8 Å². The van der Waals surface area contributed by atoms with Crippen LogP contribution in [0.15, 0.2) is 17.3 Å². The Bertz CT molecular complexity index is 323. The highest BCUT2D eigenvalue weighted by atomic mass is 16.4. The average Bonchev–Trinajstić information content (AvgIpc) is 2.19. The Morgan fingerprint density at radius 1 is 1.57 bits per heavy atom. The molecule has 1 aromatic rings. The molecule has 0 aliphatic carbocycles. The highest BCUT2D eigenvalue weighted by Crippen LogP contribution is 2.08. The molecule has 2 N–H and O–H groups in total. The van der Waals surface area contributed by atoms with E-state index < -0.39 is 0 Å². The molecule has 0 aliphatic rings. The van der Waals surface area contributed by atoms with Gasteiger partial charge in [0.05, 0.1) is 6.21 Å². The molecular formula is C10H15N3O. The summed E-state index contributed by atoms with van der Waals surface area (Å²) in [6.45, 7) is 4.90. The second-order valence-electron chi connectivity index (χ2n) is 3.04. The zero-order chi connectivity index (χ0) is 10.4. The van der Waals surface area contributed by atoms with Gasteiger partial charge in [-0.1, -0.05) is 12.1 Å². The number of oxime groups is 1. The van der Waals surface area contributed by atoms with Crippen LogP contribution in [0.25, 0.3) is 0 Å². The molecule has 0 aliphatic heterocycles. The first-order valence-corrected chi connectivity index (χ1v) is 4.67. The van der Waals surface area contributed by atoms with Crippen molar-refractivity contribution in [3.63, 3.8) is 0 Å². The van der Waals surface area contributed by atoms with E-state index in [1.807, 2.05) is 19.1 Å². The molecule has 1 aromatic heterocycles. The fourth-order valence-corrected chi connectivity index (χ4v) is 1.12. The number of nitrogens with zero attached hydrogens (tertiary/aromatic N) is 2. The van der Waals surface area contributed by atoms with Crippen LogP contribution in [0, 0.1) is 6.92 Å². The maximum atomic E-state index is 8.38. The van der Waals surface area contributed by atoms with Crippen LogP contribution in [0.4, 0.5) is 5.82 Å². The van der Waals surface area contributed by atoms with Crippen LogP contribution >= 0.6 is 0 Å². The van der Waals surface area contributed by atoms with E-state index in [0.29, 0.717) is 0 Å². The topological polar surface area (TPSA) is 57.5 Å². The molecule has 4 heteroatoms. The lowest BCUT2D eigenvalue weighted by molar-refractivity contribution is 0.322. The predicted molar refractivity (Wildman–Crippen MR) is 57.1 cm³/mol. The van der Waals surface area contributed by atoms with Crippen molar-refractivity contribution in [2.45, 2.75) is 20.3 Å². The van der Waals surface area contributed by atoms with Crippen molar-refractivity contribution in [2.24, 2.45) is 5.16 Å². The molecule has 0 amide bonds. The van der Waals surface area contributed by atoms with Gasteiger partial charge in [-0.25, -0.2) is 4.98 Å². The van der Waals surface area contributed by atoms with E-state index in [1.165, 1.54) is 6.21 Å². The zero-order valence-electron chi connectivity index (χ0n) is 8.49. The summed E-state index contributed by atoms with van der Waals surface area (Å²) >= 11 is 0. The Morgan fingerprint density at radius 2 is 2.36 bits per heavy atom. The number of anilines is 1. The molecule has 0 saturated carbocycles. The van der Waals surface area contributed by atoms with Gasteiger partial charge in [-0.05, 0) is 25.5 Å². The Hall–Kier alpha value is -1.58. The second kappa shape index (κ2) is 5.21. The van der Waals surface area contributed by atoms with Crippen LogP contribution < -0.4 is 5.32 Å². The number of hydrogen-bond donors (Lipinski definition) is 2. The first-order chi connectivity index (χ1) is 6.77. The molecule has 1 heterocycles. The number of nitrogens with one attached hydrogen (secondary N) is 1. The van der Waals surface area contributed by atoms with Gasteiger partial charge < -0.3 is 10.5 Å². The van der Waals surface area contributed by atoms with Crippen molar-refractivity contribution >= 4 is 12.0 Å². The Morgan fingerprint density at radius 3 is 2.93 bits per heavy atom. The third-order valence-electron chi connectivity index (χ3n) is 1.88. The van der Waals surface area contributed by atoms with Crippen LogP contribution in [0.3, 0.4) is 0 Å². The van der Waals surface area contributed by atoms with Crippen molar-refractivity contribution in [1.82, 2.24) is 4.98 Å². The average molecular weight is 193 g/mol. The van der Waals surface area contributed by atoms with E-state index in [4.69, 9.17) is 5.21 Å². The lowest BCUT2D eigenvalue weighted by Gasteiger charge is -2.05. The first-order valence-electron chi connectivity index (χ1n) is 4.67. The SMILES string of the molecule is CCCNc1ccc(/C=N/O)c(C)n1. The molecule has 4 nitrogen and oxygen atoms in total. The number of hydrogen-bond acceptors (Lipinski definition) is 4. The van der Waals surface area contributed by atoms with Gasteiger partial charge in [0.2, 0.25) is 0 Å². The molecule has 0 spiro atoms. The van der Waals surface area contributed by atoms with E-state index in [-0.39, 0.29) is 0 Å². The molecule has 0 fully saturated rings. The summed E-state index contributed by atoms with van der Waals surface area (Å²) in [6.07, 6.45) is 2.45. The van der Waals surface area contributed by atoms with Crippen molar-refractivity contribution in [3.8, 4) is 0 Å². The quantitative estimate of drug-likeness (QED) is 0.437. The maximum Gasteiger partial charge on any atom is 0.126 e. The van der Waals surface area contributed by atoms with E-state index >= 15 is 0 Å². The summed E-state index contributed by atoms with van der Waals surface area (Å²) in [5.41, 5.74) is 1.68. The van der Waals surface area contributed by atoms with Crippen molar-refractivity contribution in [2.75, 3.05) is 11.9 Å². The molecule has 0 bridgehead atoms. The summed E-state index contributed by atoms with van der Waals surface area (Å²) in [4.78, 5) is 4.32. The summed E-state index contributed by atoms with van der Waals surface area (Å²) in [5.74, 6) is 0.861. The van der Waals surface area contributed by atoms with E-state index in [9.17, 15) is 0 Å². The zero-order valence-corrected chi connectivity index (χ0v) is 8.49. The molecule has 0 atom stereocenters. The molecule has 0 unspecified atom stereocenters. The molecule has 0 radical (unpaired) electrons. The van der Waals surface area contributed by atoms with E-state index in [0.717, 1.165) is 30.0 Å². The van der Waals surface area contributed by atoms with Gasteiger partial charge in [0.25, 0.3) is 0 Å². The van der Waals surface area contributed by atoms with Gasteiger partial charge in [0.1, 0.15) is 5.82 Å². The predicted octanol–water partition coefficient (Wildman–Crippen LogP) is 2.02. The largest absolute Gasteiger partial charge is 0.411 e. The molecule has 1 rings (SSSR count). The maximum absolute atomic E-state index is 8.38. The Labute approximate surface area is 83.7 Å². The molecule has 76 valence electrons. The standard InChI is InChI=1S/C10H15N3O/c1-3-6-11-10-5-4-9(7-12-14)8(2)13-10/h4-5,7,14H,3,6H2,1-2H3,(H,11,13)/b12-7+. The number of rotatable bonds is 4. The molecule has 14 heavy (non-hydrogen) atoms. The van der Waals surface area contributed by atoms with Crippen molar-refractivity contribution in [1.29, 1.82) is 0 Å². The fraction of sp³-hybridized carbons (Fsp3) is 0.400. The molecular weight excluding hydrogens is 178 g/mol. The summed E-state index contributed by atoms with van der Waals surface area (Å²) in [5, 5.41) is 14.5. The lowest BCUT2D eigenvalue weighted by atomic mass is 10.2. The van der Waals surface area contributed by atoms with Gasteiger partial charge in [-0.2, -0.15) is 0 Å². The van der Waals surface area contributed by atoms with Crippen LogP contribution in [-0.4, -0.2) is 23.0 Å². The van der Waals surface area contributed by atoms with Crippen LogP contribution in [0.2, 0.25) is 0 Å². The monoisotopic (exact) mass is 193 g/mol. The summed E-state index contributed by atoms with van der Waals surface area (Å²) < 4.78 is 0. The smallest absolute Gasteiger partial charge is 0.126 e. The normalized spacial score (nSPS) is 10.7. The van der Waals surface area contributed by atoms with Gasteiger partial charge in [-0.15, -0.1) is 0 Å². The Balaban J connectivity index is 2.78. The number of aryl methyl sites for hydroxylation is 1. The third-order valence-corrected chi connectivity index (χ3v) is 1.88.